The van der Waals surface area contributed by atoms with E-state index in [0.29, 0.717) is 5.92 Å². The number of nitrogens with zero attached hydrogens (tertiary/aromatic N) is 1. The maximum atomic E-state index is 4.52. The highest BCUT2D eigenvalue weighted by Crippen LogP contribution is 2.20. The van der Waals surface area contributed by atoms with Crippen molar-refractivity contribution in [1.82, 2.24) is 0 Å². The van der Waals surface area contributed by atoms with Gasteiger partial charge in [0.2, 0.25) is 0 Å². The van der Waals surface area contributed by atoms with E-state index in [4.69, 9.17) is 0 Å². The second-order valence-corrected chi connectivity index (χ2v) is 5.05. The number of hydrogen-bond acceptors (Lipinski definition) is 2. The summed E-state index contributed by atoms with van der Waals surface area (Å²) in [5.74, 6) is 0.307. The zero-order valence-corrected chi connectivity index (χ0v) is 12.1. The van der Waals surface area contributed by atoms with Crippen LogP contribution < -0.4 is 0 Å². The molecule has 1 rings (SSSR count). The predicted molar refractivity (Wildman–Crippen MR) is 88.4 cm³/mol. The molecule has 0 aliphatic rings. The summed E-state index contributed by atoms with van der Waals surface area (Å²) in [6.45, 7) is 13.6. The lowest BCUT2D eigenvalue weighted by atomic mass is 10.1. The predicted octanol–water partition coefficient (Wildman–Crippen LogP) is 5.20. The maximum Gasteiger partial charge on any atom is 0.0834 e. The minimum Gasteiger partial charge on any atom is -0.255 e. The van der Waals surface area contributed by atoms with Gasteiger partial charge in [0.15, 0.2) is 0 Å². The summed E-state index contributed by atoms with van der Waals surface area (Å²) >= 11 is 1.48. The normalized spacial score (nSPS) is 13.2. The van der Waals surface area contributed by atoms with Crippen molar-refractivity contribution in [3.05, 3.63) is 84.3 Å². The molecule has 0 aliphatic carbocycles. The van der Waals surface area contributed by atoms with Gasteiger partial charge in [-0.15, -0.1) is 6.58 Å². The number of allylic oxidation sites excluding steroid dienone is 3. The fraction of sp³-hybridized carbons (Fsp3) is 0.118. The average molecular weight is 269 g/mol. The van der Waals surface area contributed by atoms with E-state index in [2.05, 4.69) is 31.7 Å². The number of hydrogen-bond donors (Lipinski definition) is 0. The highest BCUT2D eigenvalue weighted by molar-refractivity contribution is 8.06. The van der Waals surface area contributed by atoms with Gasteiger partial charge in [-0.1, -0.05) is 74.3 Å². The van der Waals surface area contributed by atoms with Crippen LogP contribution in [0.3, 0.4) is 0 Å². The largest absolute Gasteiger partial charge is 0.255 e. The third-order valence-electron chi connectivity index (χ3n) is 2.50. The summed E-state index contributed by atoms with van der Waals surface area (Å²) in [5.41, 5.74) is 1.93. The second kappa shape index (κ2) is 8.33. The number of thioether (sulfide) groups is 1. The van der Waals surface area contributed by atoms with Crippen molar-refractivity contribution in [2.75, 3.05) is 0 Å². The lowest BCUT2D eigenvalue weighted by molar-refractivity contribution is 0.940. The first-order valence-electron chi connectivity index (χ1n) is 6.08. The molecule has 0 saturated heterocycles. The van der Waals surface area contributed by atoms with Crippen molar-refractivity contribution >= 4 is 17.5 Å². The van der Waals surface area contributed by atoms with Gasteiger partial charge in [0.1, 0.15) is 0 Å². The van der Waals surface area contributed by atoms with Gasteiger partial charge in [0.25, 0.3) is 0 Å². The molecule has 2 heteroatoms. The fourth-order valence-electron chi connectivity index (χ4n) is 1.39. The van der Waals surface area contributed by atoms with Gasteiger partial charge < -0.3 is 0 Å². The average Bonchev–Trinajstić information content (AvgIpc) is 2.44. The zero-order chi connectivity index (χ0) is 14.1. The Morgan fingerprint density at radius 3 is 2.53 bits per heavy atom. The summed E-state index contributed by atoms with van der Waals surface area (Å²) in [4.78, 5) is 5.41. The Kier molecular flexibility index (Phi) is 6.69. The smallest absolute Gasteiger partial charge is 0.0834 e. The summed E-state index contributed by atoms with van der Waals surface area (Å²) in [6, 6.07) is 10.0. The monoisotopic (exact) mass is 269 g/mol. The molecule has 19 heavy (non-hydrogen) atoms. The van der Waals surface area contributed by atoms with Crippen LogP contribution in [0.5, 0.6) is 0 Å². The van der Waals surface area contributed by atoms with Crippen LogP contribution in [0.15, 0.2) is 83.7 Å². The molecule has 0 saturated carbocycles. The summed E-state index contributed by atoms with van der Waals surface area (Å²) in [7, 11) is 0. The molecule has 1 atom stereocenters. The van der Waals surface area contributed by atoms with E-state index in [1.165, 1.54) is 11.8 Å². The van der Waals surface area contributed by atoms with Crippen molar-refractivity contribution in [3.8, 4) is 0 Å². The van der Waals surface area contributed by atoms with E-state index in [-0.39, 0.29) is 0 Å². The Hall–Kier alpha value is -1.80. The van der Waals surface area contributed by atoms with Gasteiger partial charge in [0.05, 0.1) is 5.71 Å². The van der Waals surface area contributed by atoms with Crippen molar-refractivity contribution < 1.29 is 0 Å². The van der Waals surface area contributed by atoms with Gasteiger partial charge in [-0.05, 0) is 11.3 Å². The van der Waals surface area contributed by atoms with Gasteiger partial charge >= 0.3 is 0 Å². The first-order chi connectivity index (χ1) is 9.19. The van der Waals surface area contributed by atoms with E-state index in [9.17, 15) is 0 Å². The summed E-state index contributed by atoms with van der Waals surface area (Å²) in [6.07, 6.45) is 5.69. The molecule has 1 aromatic rings. The molecule has 0 spiro atoms. The molecule has 1 nitrogen and oxygen atoms in total. The first-order valence-corrected chi connectivity index (χ1v) is 6.96. The van der Waals surface area contributed by atoms with E-state index in [0.717, 1.165) is 16.2 Å². The minimum absolute atomic E-state index is 0.307. The Morgan fingerprint density at radius 1 is 1.26 bits per heavy atom. The number of benzene rings is 1. The molecule has 1 aromatic carbocycles. The highest BCUT2D eigenvalue weighted by Gasteiger charge is 2.06. The molecule has 0 amide bonds. The molecule has 0 radical (unpaired) electrons. The van der Waals surface area contributed by atoms with Crippen LogP contribution in [0.25, 0.3) is 0 Å². The quantitative estimate of drug-likeness (QED) is 0.489. The van der Waals surface area contributed by atoms with Crippen molar-refractivity contribution in [3.63, 3.8) is 0 Å². The first kappa shape index (κ1) is 15.3. The molecule has 0 bridgehead atoms. The van der Waals surface area contributed by atoms with Gasteiger partial charge in [-0.2, -0.15) is 0 Å². The van der Waals surface area contributed by atoms with Crippen LogP contribution in [0.2, 0.25) is 0 Å². The Balaban J connectivity index is 3.02. The van der Waals surface area contributed by atoms with E-state index >= 15 is 0 Å². The van der Waals surface area contributed by atoms with E-state index in [1.54, 1.807) is 5.41 Å². The highest BCUT2D eigenvalue weighted by atomic mass is 32.2. The van der Waals surface area contributed by atoms with Crippen LogP contribution in [0, 0.1) is 5.92 Å². The topological polar surface area (TPSA) is 12.4 Å². The second-order valence-electron chi connectivity index (χ2n) is 3.99. The Bertz CT molecular complexity index is 497. The summed E-state index contributed by atoms with van der Waals surface area (Å²) in [5, 5.41) is 1.76. The standard InChI is InChI=1S/C17H19NS/c1-5-14(3)12-13-18-17(15(4)19-6-2)16-10-8-7-9-11-16/h5-14H,1-2,4H2,3H3/b13-12-,18-17?. The van der Waals surface area contributed by atoms with Crippen molar-refractivity contribution in [1.29, 1.82) is 0 Å². The molecule has 1 unspecified atom stereocenters. The molecule has 0 heterocycles. The van der Waals surface area contributed by atoms with Crippen LogP contribution in [0.4, 0.5) is 0 Å². The van der Waals surface area contributed by atoms with Crippen LogP contribution in [-0.2, 0) is 0 Å². The molecule has 98 valence electrons. The SMILES string of the molecule is C=CSC(=C)C(=N/C=C\C(C)C=C)c1ccccc1. The molecule has 0 aromatic heterocycles. The third-order valence-corrected chi connectivity index (χ3v) is 3.15. The van der Waals surface area contributed by atoms with Gasteiger partial charge in [-0.25, -0.2) is 0 Å². The van der Waals surface area contributed by atoms with E-state index in [1.807, 2.05) is 48.7 Å². The lowest BCUT2D eigenvalue weighted by Gasteiger charge is -2.06. The van der Waals surface area contributed by atoms with Gasteiger partial charge in [-0.3, -0.25) is 4.99 Å². The van der Waals surface area contributed by atoms with Crippen LogP contribution in [-0.4, -0.2) is 5.71 Å². The third kappa shape index (κ3) is 5.14. The van der Waals surface area contributed by atoms with Crippen LogP contribution in [0.1, 0.15) is 12.5 Å². The lowest BCUT2D eigenvalue weighted by Crippen LogP contribution is -2.00. The Morgan fingerprint density at radius 2 is 1.95 bits per heavy atom. The van der Waals surface area contributed by atoms with Crippen molar-refractivity contribution in [2.45, 2.75) is 6.92 Å². The number of aliphatic imine (C=N–C) groups is 1. The molecular formula is C17H19NS. The van der Waals surface area contributed by atoms with Crippen molar-refractivity contribution in [2.24, 2.45) is 10.9 Å². The Labute approximate surface area is 120 Å². The zero-order valence-electron chi connectivity index (χ0n) is 11.3. The van der Waals surface area contributed by atoms with E-state index < -0.39 is 0 Å². The minimum atomic E-state index is 0.307. The molecule has 0 fully saturated rings. The maximum absolute atomic E-state index is 4.52. The molecular weight excluding hydrogens is 250 g/mol. The number of rotatable bonds is 7. The molecule has 0 N–H and O–H groups in total. The molecule has 0 aliphatic heterocycles. The fourth-order valence-corrected chi connectivity index (χ4v) is 1.88. The van der Waals surface area contributed by atoms with Gasteiger partial charge in [0, 0.05) is 16.7 Å². The summed E-state index contributed by atoms with van der Waals surface area (Å²) < 4.78 is 0. The van der Waals surface area contributed by atoms with Crippen LogP contribution >= 0.6 is 11.8 Å².